The fourth-order valence-corrected chi connectivity index (χ4v) is 2.50. The average Bonchev–Trinajstić information content (AvgIpc) is 3.13. The molecular weight excluding hydrogens is 256 g/mol. The summed E-state index contributed by atoms with van der Waals surface area (Å²) in [5.41, 5.74) is 0. The lowest BCUT2D eigenvalue weighted by Gasteiger charge is -2.05. The number of unbranched alkanes of at least 4 members (excludes halogenated alkanes) is 1. The van der Waals surface area contributed by atoms with Gasteiger partial charge in [-0.3, -0.25) is 4.18 Å². The van der Waals surface area contributed by atoms with Crippen molar-refractivity contribution in [3.05, 3.63) is 24.3 Å². The van der Waals surface area contributed by atoms with Gasteiger partial charge in [0.2, 0.25) is 0 Å². The van der Waals surface area contributed by atoms with Gasteiger partial charge in [0, 0.05) is 0 Å². The summed E-state index contributed by atoms with van der Waals surface area (Å²) >= 11 is 0. The monoisotopic (exact) mass is 272 g/mol. The third-order valence-corrected chi connectivity index (χ3v) is 4.01. The molecule has 1 N–H and O–H groups in total. The number of phenols is 1. The zero-order valence-electron chi connectivity index (χ0n) is 9.91. The van der Waals surface area contributed by atoms with Gasteiger partial charge in [-0.15, -0.1) is 0 Å². The molecule has 1 aromatic carbocycles. The third kappa shape index (κ3) is 3.97. The molecule has 0 spiro atoms. The lowest BCUT2D eigenvalue weighted by atomic mass is 10.2. The maximum Gasteiger partial charge on any atom is 0.296 e. The van der Waals surface area contributed by atoms with Gasteiger partial charge in [-0.2, -0.15) is 8.42 Å². The Hall–Kier alpha value is -1.11. The fourth-order valence-electron chi connectivity index (χ4n) is 1.56. The molecule has 1 saturated heterocycles. The van der Waals surface area contributed by atoms with Crippen LogP contribution in [-0.4, -0.2) is 32.8 Å². The van der Waals surface area contributed by atoms with Gasteiger partial charge in [0.15, 0.2) is 0 Å². The van der Waals surface area contributed by atoms with E-state index in [-0.39, 0.29) is 17.3 Å². The van der Waals surface area contributed by atoms with Crippen molar-refractivity contribution < 1.29 is 22.4 Å². The molecule has 1 aliphatic heterocycles. The maximum atomic E-state index is 11.7. The molecule has 5 nitrogen and oxygen atoms in total. The van der Waals surface area contributed by atoms with Gasteiger partial charge in [0.1, 0.15) is 5.75 Å². The smallest absolute Gasteiger partial charge is 0.296 e. The Morgan fingerprint density at radius 3 is 2.56 bits per heavy atom. The Bertz CT molecular complexity index is 476. The first kappa shape index (κ1) is 13.3. The van der Waals surface area contributed by atoms with Crippen LogP contribution < -0.4 is 0 Å². The normalized spacial score (nSPS) is 18.8. The summed E-state index contributed by atoms with van der Waals surface area (Å²) in [6, 6.07) is 5.28. The van der Waals surface area contributed by atoms with Crippen molar-refractivity contribution in [2.45, 2.75) is 30.3 Å². The minimum absolute atomic E-state index is 0.0263. The third-order valence-electron chi connectivity index (χ3n) is 2.69. The van der Waals surface area contributed by atoms with Crippen molar-refractivity contribution >= 4 is 10.1 Å². The molecule has 1 fully saturated rings. The van der Waals surface area contributed by atoms with E-state index in [0.29, 0.717) is 12.5 Å². The van der Waals surface area contributed by atoms with Crippen LogP contribution in [0, 0.1) is 0 Å². The highest BCUT2D eigenvalue weighted by Crippen LogP contribution is 2.18. The number of ether oxygens (including phenoxy) is 1. The molecule has 0 aliphatic carbocycles. The lowest BCUT2D eigenvalue weighted by Crippen LogP contribution is -2.07. The summed E-state index contributed by atoms with van der Waals surface area (Å²) in [5.74, 6) is 0.0263. The molecule has 1 unspecified atom stereocenters. The highest BCUT2D eigenvalue weighted by Gasteiger charge is 2.21. The second kappa shape index (κ2) is 5.69. The van der Waals surface area contributed by atoms with E-state index in [2.05, 4.69) is 0 Å². The van der Waals surface area contributed by atoms with Crippen LogP contribution in [0.5, 0.6) is 5.75 Å². The van der Waals surface area contributed by atoms with Crippen molar-refractivity contribution in [1.82, 2.24) is 0 Å². The van der Waals surface area contributed by atoms with Crippen LogP contribution in [-0.2, 0) is 19.0 Å². The second-order valence-corrected chi connectivity index (χ2v) is 5.84. The second-order valence-electron chi connectivity index (χ2n) is 4.22. The molecule has 1 aliphatic rings. The number of phenolic OH excluding ortho intramolecular Hbond substituents is 1. The molecule has 1 heterocycles. The van der Waals surface area contributed by atoms with E-state index in [0.717, 1.165) is 19.4 Å². The summed E-state index contributed by atoms with van der Waals surface area (Å²) in [6.07, 6.45) is 2.92. The van der Waals surface area contributed by atoms with E-state index >= 15 is 0 Å². The van der Waals surface area contributed by atoms with Gasteiger partial charge < -0.3 is 9.84 Å². The SMILES string of the molecule is O=S(=O)(OCCCCC1CO1)c1ccc(O)cc1. The molecule has 2 rings (SSSR count). The van der Waals surface area contributed by atoms with Gasteiger partial charge in [-0.25, -0.2) is 0 Å². The Morgan fingerprint density at radius 2 is 1.94 bits per heavy atom. The van der Waals surface area contributed by atoms with Crippen LogP contribution >= 0.6 is 0 Å². The Labute approximate surface area is 106 Å². The minimum atomic E-state index is -3.70. The Morgan fingerprint density at radius 1 is 1.28 bits per heavy atom. The van der Waals surface area contributed by atoms with Crippen LogP contribution in [0.15, 0.2) is 29.2 Å². The van der Waals surface area contributed by atoms with E-state index in [4.69, 9.17) is 14.0 Å². The molecular formula is C12H16O5S. The van der Waals surface area contributed by atoms with Gasteiger partial charge in [-0.1, -0.05) is 0 Å². The zero-order chi connectivity index (χ0) is 13.0. The highest BCUT2D eigenvalue weighted by molar-refractivity contribution is 7.86. The van der Waals surface area contributed by atoms with Gasteiger partial charge in [0.25, 0.3) is 10.1 Å². The molecule has 18 heavy (non-hydrogen) atoms. The van der Waals surface area contributed by atoms with Crippen molar-refractivity contribution in [2.75, 3.05) is 13.2 Å². The fraction of sp³-hybridized carbons (Fsp3) is 0.500. The molecule has 6 heteroatoms. The summed E-state index contributed by atoms with van der Waals surface area (Å²) in [4.78, 5) is 0.0610. The van der Waals surface area contributed by atoms with E-state index in [1.165, 1.54) is 24.3 Å². The first-order valence-electron chi connectivity index (χ1n) is 5.88. The maximum absolute atomic E-state index is 11.7. The number of rotatable bonds is 7. The van der Waals surface area contributed by atoms with Crippen LogP contribution in [0.1, 0.15) is 19.3 Å². The van der Waals surface area contributed by atoms with Crippen molar-refractivity contribution in [3.8, 4) is 5.75 Å². The predicted molar refractivity (Wildman–Crippen MR) is 64.8 cm³/mol. The number of hydrogen-bond donors (Lipinski definition) is 1. The number of epoxide rings is 1. The number of hydrogen-bond acceptors (Lipinski definition) is 5. The summed E-state index contributed by atoms with van der Waals surface area (Å²) < 4.78 is 33.4. The molecule has 0 bridgehead atoms. The summed E-state index contributed by atoms with van der Waals surface area (Å²) in [7, 11) is -3.70. The predicted octanol–water partition coefficient (Wildman–Crippen LogP) is 1.67. The van der Waals surface area contributed by atoms with Crippen molar-refractivity contribution in [1.29, 1.82) is 0 Å². The zero-order valence-corrected chi connectivity index (χ0v) is 10.7. The quantitative estimate of drug-likeness (QED) is 0.464. The van der Waals surface area contributed by atoms with Gasteiger partial charge in [-0.05, 0) is 43.5 Å². The van der Waals surface area contributed by atoms with E-state index in [1.54, 1.807) is 0 Å². The van der Waals surface area contributed by atoms with Gasteiger partial charge in [0.05, 0.1) is 24.2 Å². The highest BCUT2D eigenvalue weighted by atomic mass is 32.2. The van der Waals surface area contributed by atoms with Crippen LogP contribution in [0.3, 0.4) is 0 Å². The molecule has 0 radical (unpaired) electrons. The largest absolute Gasteiger partial charge is 0.508 e. The van der Waals surface area contributed by atoms with Gasteiger partial charge >= 0.3 is 0 Å². The minimum Gasteiger partial charge on any atom is -0.508 e. The van der Waals surface area contributed by atoms with E-state index < -0.39 is 10.1 Å². The van der Waals surface area contributed by atoms with Crippen LogP contribution in [0.25, 0.3) is 0 Å². The molecule has 0 saturated carbocycles. The first-order valence-corrected chi connectivity index (χ1v) is 7.29. The first-order chi connectivity index (χ1) is 8.58. The molecule has 100 valence electrons. The molecule has 1 atom stereocenters. The average molecular weight is 272 g/mol. The van der Waals surface area contributed by atoms with E-state index in [9.17, 15) is 8.42 Å². The molecule has 0 amide bonds. The Kier molecular flexibility index (Phi) is 4.21. The summed E-state index contributed by atoms with van der Waals surface area (Å²) in [5, 5.41) is 9.08. The summed E-state index contributed by atoms with van der Waals surface area (Å²) in [6.45, 7) is 1.00. The van der Waals surface area contributed by atoms with Crippen LogP contribution in [0.2, 0.25) is 0 Å². The Balaban J connectivity index is 1.77. The van der Waals surface area contributed by atoms with Crippen LogP contribution in [0.4, 0.5) is 0 Å². The number of aromatic hydroxyl groups is 1. The van der Waals surface area contributed by atoms with E-state index in [1.807, 2.05) is 0 Å². The lowest BCUT2D eigenvalue weighted by molar-refractivity contribution is 0.302. The van der Waals surface area contributed by atoms with Crippen molar-refractivity contribution in [3.63, 3.8) is 0 Å². The standard InChI is InChI=1S/C12H16O5S/c13-10-4-6-12(7-5-10)18(14,15)17-8-2-1-3-11-9-16-11/h4-7,11,13H,1-3,8-9H2. The number of benzene rings is 1. The molecule has 1 aromatic rings. The van der Waals surface area contributed by atoms with Crippen molar-refractivity contribution in [2.24, 2.45) is 0 Å². The topological polar surface area (TPSA) is 76.1 Å². The molecule has 0 aromatic heterocycles.